The number of rotatable bonds is 1. The smallest absolute Gasteiger partial charge is 0.436 e. The molecule has 0 aromatic carbocycles. The molecule has 3 unspecified atom stereocenters. The van der Waals surface area contributed by atoms with Crippen LogP contribution in [0.5, 0.6) is 0 Å². The first-order chi connectivity index (χ1) is 9.92. The number of amides is 3. The van der Waals surface area contributed by atoms with Crippen LogP contribution in [-0.4, -0.2) is 62.2 Å². The van der Waals surface area contributed by atoms with Crippen LogP contribution in [-0.2, 0) is 4.74 Å². The number of hydrogen-bond acceptors (Lipinski definition) is 3. The summed E-state index contributed by atoms with van der Waals surface area (Å²) < 4.78 is 4.52. The van der Waals surface area contributed by atoms with Crippen molar-refractivity contribution in [2.24, 2.45) is 16.8 Å². The Morgan fingerprint density at radius 1 is 1.19 bits per heavy atom. The molecule has 2 aliphatic rings. The Bertz CT molecular complexity index is 450. The number of guanidine groups is 1. The Morgan fingerprint density at radius 2 is 1.90 bits per heavy atom. The number of nitrogens with one attached hydrogen (secondary N) is 1. The maximum atomic E-state index is 12.3. The summed E-state index contributed by atoms with van der Waals surface area (Å²) in [4.78, 5) is 30.4. The van der Waals surface area contributed by atoms with Crippen LogP contribution in [0.15, 0.2) is 4.99 Å². The monoisotopic (exact) mass is 296 g/mol. The predicted molar refractivity (Wildman–Crippen MR) is 79.1 cm³/mol. The van der Waals surface area contributed by atoms with Gasteiger partial charge in [0.2, 0.25) is 5.96 Å². The van der Waals surface area contributed by atoms with Crippen LogP contribution in [0, 0.1) is 11.8 Å². The maximum absolute atomic E-state index is 12.3. The number of urea groups is 1. The molecule has 0 radical (unpaired) electrons. The second kappa shape index (κ2) is 6.32. The van der Waals surface area contributed by atoms with E-state index in [4.69, 9.17) is 0 Å². The van der Waals surface area contributed by atoms with E-state index in [-0.39, 0.29) is 18.0 Å². The molecule has 118 valence electrons. The van der Waals surface area contributed by atoms with Gasteiger partial charge in [0.25, 0.3) is 0 Å². The SMILES string of the molecule is COC(=O)N=C(N(C)C)N(C)C(=O)NC1CC2CCC1C2. The minimum Gasteiger partial charge on any atom is -0.451 e. The highest BCUT2D eigenvalue weighted by Gasteiger charge is 2.40. The molecule has 2 rings (SSSR count). The molecule has 21 heavy (non-hydrogen) atoms. The van der Waals surface area contributed by atoms with Gasteiger partial charge in [0.15, 0.2) is 0 Å². The highest BCUT2D eigenvalue weighted by atomic mass is 16.5. The van der Waals surface area contributed by atoms with Gasteiger partial charge >= 0.3 is 12.1 Å². The fraction of sp³-hybridized carbons (Fsp3) is 0.786. The summed E-state index contributed by atoms with van der Waals surface area (Å²) >= 11 is 0. The normalized spacial score (nSPS) is 27.4. The van der Waals surface area contributed by atoms with E-state index in [1.54, 1.807) is 26.0 Å². The van der Waals surface area contributed by atoms with Gasteiger partial charge in [-0.05, 0) is 31.1 Å². The summed E-state index contributed by atoms with van der Waals surface area (Å²) in [5, 5.41) is 3.06. The molecule has 0 aromatic heterocycles. The average Bonchev–Trinajstić information content (AvgIpc) is 3.05. The molecule has 3 atom stereocenters. The minimum atomic E-state index is -0.724. The van der Waals surface area contributed by atoms with Crippen LogP contribution < -0.4 is 5.32 Å². The first-order valence-corrected chi connectivity index (χ1v) is 7.30. The molecule has 1 N–H and O–H groups in total. The van der Waals surface area contributed by atoms with Crippen molar-refractivity contribution in [1.82, 2.24) is 15.1 Å². The van der Waals surface area contributed by atoms with Gasteiger partial charge in [0, 0.05) is 27.2 Å². The maximum Gasteiger partial charge on any atom is 0.436 e. The molecular formula is C14H24N4O3. The van der Waals surface area contributed by atoms with Gasteiger partial charge in [0.05, 0.1) is 7.11 Å². The van der Waals surface area contributed by atoms with Crippen molar-refractivity contribution in [2.45, 2.75) is 31.7 Å². The van der Waals surface area contributed by atoms with Gasteiger partial charge < -0.3 is 15.0 Å². The Morgan fingerprint density at radius 3 is 2.38 bits per heavy atom. The Hall–Kier alpha value is -1.79. The standard InChI is InChI=1S/C14H24N4O3/c1-17(2)12(16-14(20)21-4)18(3)13(19)15-11-8-9-5-6-10(11)7-9/h9-11H,5-8H2,1-4H3,(H,15,19). The van der Waals surface area contributed by atoms with E-state index < -0.39 is 6.09 Å². The summed E-state index contributed by atoms with van der Waals surface area (Å²) in [6.07, 6.45) is 4.06. The lowest BCUT2D eigenvalue weighted by molar-refractivity contribution is 0.181. The third kappa shape index (κ3) is 3.46. The van der Waals surface area contributed by atoms with Crippen LogP contribution in [0.1, 0.15) is 25.7 Å². The molecule has 7 heteroatoms. The van der Waals surface area contributed by atoms with Gasteiger partial charge in [-0.25, -0.2) is 9.59 Å². The van der Waals surface area contributed by atoms with E-state index in [1.807, 2.05) is 0 Å². The lowest BCUT2D eigenvalue weighted by Crippen LogP contribution is -2.50. The van der Waals surface area contributed by atoms with Crippen molar-refractivity contribution in [1.29, 1.82) is 0 Å². The highest BCUT2D eigenvalue weighted by Crippen LogP contribution is 2.44. The van der Waals surface area contributed by atoms with E-state index in [0.717, 1.165) is 12.3 Å². The van der Waals surface area contributed by atoms with Crippen molar-refractivity contribution in [3.8, 4) is 0 Å². The van der Waals surface area contributed by atoms with E-state index >= 15 is 0 Å². The van der Waals surface area contributed by atoms with Crippen molar-refractivity contribution < 1.29 is 14.3 Å². The van der Waals surface area contributed by atoms with Crippen LogP contribution in [0.4, 0.5) is 9.59 Å². The van der Waals surface area contributed by atoms with Gasteiger partial charge in [-0.3, -0.25) is 4.90 Å². The van der Waals surface area contributed by atoms with Crippen LogP contribution in [0.2, 0.25) is 0 Å². The summed E-state index contributed by atoms with van der Waals surface area (Å²) in [5.74, 6) is 1.62. The number of carbonyl (C=O) groups is 2. The lowest BCUT2D eigenvalue weighted by Gasteiger charge is -2.28. The topological polar surface area (TPSA) is 74.2 Å². The molecule has 2 fully saturated rings. The predicted octanol–water partition coefficient (Wildman–Crippen LogP) is 1.50. The zero-order chi connectivity index (χ0) is 15.6. The Kier molecular flexibility index (Phi) is 4.69. The zero-order valence-electron chi connectivity index (χ0n) is 13.1. The number of ether oxygens (including phenoxy) is 1. The van der Waals surface area contributed by atoms with E-state index in [9.17, 15) is 9.59 Å². The fourth-order valence-electron chi connectivity index (χ4n) is 3.37. The highest BCUT2D eigenvalue weighted by molar-refractivity contribution is 5.99. The van der Waals surface area contributed by atoms with Gasteiger partial charge in [-0.2, -0.15) is 0 Å². The number of fused-ring (bicyclic) bond motifs is 2. The second-order valence-electron chi connectivity index (χ2n) is 6.07. The summed E-state index contributed by atoms with van der Waals surface area (Å²) in [6.45, 7) is 0. The molecule has 2 bridgehead atoms. The molecule has 0 aromatic rings. The molecule has 2 aliphatic carbocycles. The first-order valence-electron chi connectivity index (χ1n) is 7.30. The number of aliphatic imine (C=N–C) groups is 1. The molecule has 0 spiro atoms. The summed E-state index contributed by atoms with van der Waals surface area (Å²) in [5.41, 5.74) is 0. The molecule has 3 amide bonds. The summed E-state index contributed by atoms with van der Waals surface area (Å²) in [6, 6.07) is 0.0177. The molecule has 0 aliphatic heterocycles. The molecular weight excluding hydrogens is 272 g/mol. The molecule has 0 saturated heterocycles. The van der Waals surface area contributed by atoms with Crippen molar-refractivity contribution in [3.05, 3.63) is 0 Å². The zero-order valence-corrected chi connectivity index (χ0v) is 13.1. The molecule has 0 heterocycles. The van der Waals surface area contributed by atoms with Crippen molar-refractivity contribution in [2.75, 3.05) is 28.3 Å². The number of hydrogen-bond donors (Lipinski definition) is 1. The van der Waals surface area contributed by atoms with Crippen molar-refractivity contribution >= 4 is 18.1 Å². The molecule has 7 nitrogen and oxygen atoms in total. The van der Waals surface area contributed by atoms with Crippen molar-refractivity contribution in [3.63, 3.8) is 0 Å². The Labute approximate surface area is 125 Å². The second-order valence-corrected chi connectivity index (χ2v) is 6.07. The third-order valence-corrected chi connectivity index (χ3v) is 4.42. The van der Waals surface area contributed by atoms with Gasteiger partial charge in [-0.15, -0.1) is 4.99 Å². The van der Waals surface area contributed by atoms with E-state index in [1.165, 1.54) is 31.3 Å². The van der Waals surface area contributed by atoms with Gasteiger partial charge in [0.1, 0.15) is 0 Å². The number of carbonyl (C=O) groups excluding carboxylic acids is 2. The minimum absolute atomic E-state index is 0.232. The van der Waals surface area contributed by atoms with Crippen LogP contribution in [0.25, 0.3) is 0 Å². The Balaban J connectivity index is 1.99. The quantitative estimate of drug-likeness (QED) is 0.588. The first kappa shape index (κ1) is 15.6. The van der Waals surface area contributed by atoms with Crippen LogP contribution >= 0.6 is 0 Å². The number of nitrogens with zero attached hydrogens (tertiary/aromatic N) is 3. The van der Waals surface area contributed by atoms with E-state index in [0.29, 0.717) is 5.92 Å². The average molecular weight is 296 g/mol. The molecule has 2 saturated carbocycles. The van der Waals surface area contributed by atoms with Crippen LogP contribution in [0.3, 0.4) is 0 Å². The van der Waals surface area contributed by atoms with E-state index in [2.05, 4.69) is 15.0 Å². The lowest BCUT2D eigenvalue weighted by atomic mass is 9.95. The summed E-state index contributed by atoms with van der Waals surface area (Å²) in [7, 11) is 6.31. The van der Waals surface area contributed by atoms with Gasteiger partial charge in [-0.1, -0.05) is 6.42 Å². The largest absolute Gasteiger partial charge is 0.451 e. The number of methoxy groups -OCH3 is 1. The fourth-order valence-corrected chi connectivity index (χ4v) is 3.37. The third-order valence-electron chi connectivity index (χ3n) is 4.42.